The van der Waals surface area contributed by atoms with E-state index in [0.29, 0.717) is 18.1 Å². The molecule has 1 aromatic carbocycles. The molecule has 0 spiro atoms. The number of nitrogens with zero attached hydrogens (tertiary/aromatic N) is 2. The van der Waals surface area contributed by atoms with Crippen LogP contribution in [0.3, 0.4) is 0 Å². The van der Waals surface area contributed by atoms with Crippen LogP contribution in [0.4, 0.5) is 0 Å². The van der Waals surface area contributed by atoms with Crippen LogP contribution in [0.5, 0.6) is 11.5 Å². The van der Waals surface area contributed by atoms with Crippen molar-refractivity contribution in [2.45, 2.75) is 33.5 Å². The lowest BCUT2D eigenvalue weighted by molar-refractivity contribution is 0.281. The maximum atomic E-state index is 5.91. The van der Waals surface area contributed by atoms with Crippen LogP contribution in [0.15, 0.2) is 47.2 Å². The number of aryl methyl sites for hydroxylation is 2. The van der Waals surface area contributed by atoms with E-state index in [0.717, 1.165) is 41.2 Å². The molecule has 0 fully saturated rings. The molecule has 6 heteroatoms. The van der Waals surface area contributed by atoms with Crippen LogP contribution in [0.1, 0.15) is 28.1 Å². The third kappa shape index (κ3) is 4.40. The van der Waals surface area contributed by atoms with Crippen molar-refractivity contribution in [1.82, 2.24) is 15.5 Å². The lowest BCUT2D eigenvalue weighted by Crippen LogP contribution is -2.12. The third-order valence-corrected chi connectivity index (χ3v) is 4.16. The predicted molar refractivity (Wildman–Crippen MR) is 98.1 cm³/mol. The first-order valence-electron chi connectivity index (χ1n) is 8.48. The van der Waals surface area contributed by atoms with Gasteiger partial charge in [0.2, 0.25) is 0 Å². The van der Waals surface area contributed by atoms with Crippen molar-refractivity contribution >= 4 is 0 Å². The molecule has 0 radical (unpaired) electrons. The summed E-state index contributed by atoms with van der Waals surface area (Å²) in [6.45, 7) is 5.68. The smallest absolute Gasteiger partial charge is 0.161 e. The Labute approximate surface area is 153 Å². The van der Waals surface area contributed by atoms with Gasteiger partial charge in [0.05, 0.1) is 18.4 Å². The van der Waals surface area contributed by atoms with Crippen LogP contribution in [-0.2, 0) is 19.7 Å². The molecular formula is C20H23N3O3. The van der Waals surface area contributed by atoms with Crippen molar-refractivity contribution in [2.24, 2.45) is 0 Å². The molecule has 26 heavy (non-hydrogen) atoms. The highest BCUT2D eigenvalue weighted by Gasteiger charge is 2.12. The summed E-state index contributed by atoms with van der Waals surface area (Å²) in [5, 5.41) is 7.35. The molecule has 0 saturated carbocycles. The Morgan fingerprint density at radius 2 is 1.92 bits per heavy atom. The Bertz CT molecular complexity index is 827. The fourth-order valence-corrected chi connectivity index (χ4v) is 2.65. The number of rotatable bonds is 8. The molecule has 0 atom stereocenters. The maximum Gasteiger partial charge on any atom is 0.161 e. The van der Waals surface area contributed by atoms with Gasteiger partial charge >= 0.3 is 0 Å². The van der Waals surface area contributed by atoms with Crippen molar-refractivity contribution in [1.29, 1.82) is 0 Å². The summed E-state index contributed by atoms with van der Waals surface area (Å²) in [5.41, 5.74) is 4.08. The minimum Gasteiger partial charge on any atom is -0.493 e. The van der Waals surface area contributed by atoms with Crippen LogP contribution in [-0.4, -0.2) is 17.3 Å². The van der Waals surface area contributed by atoms with Gasteiger partial charge in [-0.15, -0.1) is 0 Å². The van der Waals surface area contributed by atoms with Crippen molar-refractivity contribution in [3.05, 3.63) is 70.9 Å². The van der Waals surface area contributed by atoms with E-state index in [2.05, 4.69) is 15.5 Å². The summed E-state index contributed by atoms with van der Waals surface area (Å²) >= 11 is 0. The number of benzene rings is 1. The quantitative estimate of drug-likeness (QED) is 0.668. The normalized spacial score (nSPS) is 10.7. The molecule has 3 rings (SSSR count). The van der Waals surface area contributed by atoms with Gasteiger partial charge in [0.25, 0.3) is 0 Å². The molecule has 0 aliphatic heterocycles. The Balaban J connectivity index is 1.60. The zero-order valence-corrected chi connectivity index (χ0v) is 15.3. The van der Waals surface area contributed by atoms with E-state index in [4.69, 9.17) is 14.0 Å². The van der Waals surface area contributed by atoms with E-state index in [1.54, 1.807) is 13.3 Å². The third-order valence-electron chi connectivity index (χ3n) is 4.16. The second kappa shape index (κ2) is 8.49. The number of aromatic nitrogens is 2. The second-order valence-electron chi connectivity index (χ2n) is 6.04. The highest BCUT2D eigenvalue weighted by atomic mass is 16.5. The first kappa shape index (κ1) is 17.9. The number of pyridine rings is 1. The zero-order chi connectivity index (χ0) is 18.4. The van der Waals surface area contributed by atoms with Crippen LogP contribution in [0, 0.1) is 13.8 Å². The Morgan fingerprint density at radius 1 is 1.08 bits per heavy atom. The molecule has 0 aliphatic rings. The monoisotopic (exact) mass is 353 g/mol. The van der Waals surface area contributed by atoms with E-state index < -0.39 is 0 Å². The first-order chi connectivity index (χ1) is 12.7. The average Bonchev–Trinajstić information content (AvgIpc) is 2.99. The molecule has 0 unspecified atom stereocenters. The average molecular weight is 353 g/mol. The molecule has 2 heterocycles. The molecule has 0 saturated heterocycles. The summed E-state index contributed by atoms with van der Waals surface area (Å²) in [6, 6.07) is 9.93. The Kier molecular flexibility index (Phi) is 5.86. The SMILES string of the molecule is COc1cc(CNCc2cccnc2)ccc1OCc1c(C)noc1C. The van der Waals surface area contributed by atoms with Crippen molar-refractivity contribution < 1.29 is 14.0 Å². The molecule has 2 aromatic heterocycles. The molecule has 0 aliphatic carbocycles. The highest BCUT2D eigenvalue weighted by molar-refractivity contribution is 5.43. The summed E-state index contributed by atoms with van der Waals surface area (Å²) in [4.78, 5) is 4.12. The molecule has 3 aromatic rings. The summed E-state index contributed by atoms with van der Waals surface area (Å²) in [6.07, 6.45) is 3.63. The first-order valence-corrected chi connectivity index (χ1v) is 8.48. The molecular weight excluding hydrogens is 330 g/mol. The van der Waals surface area contributed by atoms with Gasteiger partial charge in [0, 0.05) is 25.5 Å². The minimum absolute atomic E-state index is 0.399. The number of hydrogen-bond acceptors (Lipinski definition) is 6. The molecule has 1 N–H and O–H groups in total. The fourth-order valence-electron chi connectivity index (χ4n) is 2.65. The van der Waals surface area contributed by atoms with Gasteiger partial charge in [0.1, 0.15) is 12.4 Å². The van der Waals surface area contributed by atoms with Crippen LogP contribution in [0.2, 0.25) is 0 Å². The van der Waals surface area contributed by atoms with Gasteiger partial charge in [-0.1, -0.05) is 17.3 Å². The number of hydrogen-bond donors (Lipinski definition) is 1. The van der Waals surface area contributed by atoms with Crippen LogP contribution in [0.25, 0.3) is 0 Å². The van der Waals surface area contributed by atoms with Gasteiger partial charge in [-0.25, -0.2) is 0 Å². The van der Waals surface area contributed by atoms with Crippen LogP contribution >= 0.6 is 0 Å². The van der Waals surface area contributed by atoms with Gasteiger partial charge in [-0.3, -0.25) is 4.98 Å². The summed E-state index contributed by atoms with van der Waals surface area (Å²) in [5.74, 6) is 2.18. The van der Waals surface area contributed by atoms with E-state index in [-0.39, 0.29) is 0 Å². The van der Waals surface area contributed by atoms with E-state index in [9.17, 15) is 0 Å². The van der Waals surface area contributed by atoms with Gasteiger partial charge in [0.15, 0.2) is 11.5 Å². The summed E-state index contributed by atoms with van der Waals surface area (Å²) < 4.78 is 16.6. The van der Waals surface area contributed by atoms with E-state index >= 15 is 0 Å². The number of ether oxygens (including phenoxy) is 2. The van der Waals surface area contributed by atoms with Gasteiger partial charge in [-0.2, -0.15) is 0 Å². The second-order valence-corrected chi connectivity index (χ2v) is 6.04. The van der Waals surface area contributed by atoms with Crippen molar-refractivity contribution in [3.8, 4) is 11.5 Å². The van der Waals surface area contributed by atoms with Crippen molar-refractivity contribution in [3.63, 3.8) is 0 Å². The zero-order valence-electron chi connectivity index (χ0n) is 15.3. The minimum atomic E-state index is 0.399. The number of nitrogens with one attached hydrogen (secondary N) is 1. The Morgan fingerprint density at radius 3 is 2.62 bits per heavy atom. The van der Waals surface area contributed by atoms with Gasteiger partial charge in [-0.05, 0) is 43.2 Å². The predicted octanol–water partition coefficient (Wildman–Crippen LogP) is 3.56. The topological polar surface area (TPSA) is 69.4 Å². The fraction of sp³-hybridized carbons (Fsp3) is 0.300. The van der Waals surface area contributed by atoms with Crippen LogP contribution < -0.4 is 14.8 Å². The largest absolute Gasteiger partial charge is 0.493 e. The molecule has 0 bridgehead atoms. The number of methoxy groups -OCH3 is 1. The lowest BCUT2D eigenvalue weighted by atomic mass is 10.2. The lowest BCUT2D eigenvalue weighted by Gasteiger charge is -2.12. The van der Waals surface area contributed by atoms with Gasteiger partial charge < -0.3 is 19.3 Å². The summed E-state index contributed by atoms with van der Waals surface area (Å²) in [7, 11) is 1.64. The standard InChI is InChI=1S/C20H23N3O3/c1-14-18(15(2)26-23-14)13-25-19-7-6-16(9-20(19)24-3)10-22-12-17-5-4-8-21-11-17/h4-9,11,22H,10,12-13H2,1-3H3. The maximum absolute atomic E-state index is 5.91. The van der Waals surface area contributed by atoms with E-state index in [1.807, 2.05) is 50.4 Å². The molecule has 0 amide bonds. The van der Waals surface area contributed by atoms with Crippen molar-refractivity contribution in [2.75, 3.05) is 7.11 Å². The highest BCUT2D eigenvalue weighted by Crippen LogP contribution is 2.29. The molecule has 6 nitrogen and oxygen atoms in total. The molecule has 136 valence electrons. The Hall–Kier alpha value is -2.86. The van der Waals surface area contributed by atoms with E-state index in [1.165, 1.54) is 0 Å².